The number of hydrogen-bond acceptors (Lipinski definition) is 5. The molecule has 31 heavy (non-hydrogen) atoms. The number of aromatic nitrogens is 1. The van der Waals surface area contributed by atoms with Crippen LogP contribution >= 0.6 is 11.3 Å². The molecule has 6 nitrogen and oxygen atoms in total. The Balaban J connectivity index is 1.59. The van der Waals surface area contributed by atoms with Crippen LogP contribution in [0.5, 0.6) is 5.75 Å². The molecule has 0 aliphatic heterocycles. The van der Waals surface area contributed by atoms with Crippen LogP contribution in [-0.2, 0) is 16.6 Å². The van der Waals surface area contributed by atoms with Crippen molar-refractivity contribution < 1.29 is 13.2 Å². The average Bonchev–Trinajstić information content (AvgIpc) is 3.04. The molecule has 0 fully saturated rings. The van der Waals surface area contributed by atoms with Crippen molar-refractivity contribution in [3.8, 4) is 5.75 Å². The highest BCUT2D eigenvalue weighted by Gasteiger charge is 2.17. The maximum atomic E-state index is 12.9. The molecule has 1 N–H and O–H groups in total. The van der Waals surface area contributed by atoms with E-state index < -0.39 is 10.0 Å². The second-order valence-corrected chi connectivity index (χ2v) is 10.0. The summed E-state index contributed by atoms with van der Waals surface area (Å²) in [5.74, 6) is 0.670. The summed E-state index contributed by atoms with van der Waals surface area (Å²) in [4.78, 5) is 12.5. The first kappa shape index (κ1) is 21.1. The van der Waals surface area contributed by atoms with Gasteiger partial charge in [0.1, 0.15) is 5.75 Å². The van der Waals surface area contributed by atoms with Gasteiger partial charge in [0.05, 0.1) is 27.8 Å². The average molecular weight is 455 g/mol. The first-order valence-electron chi connectivity index (χ1n) is 9.79. The van der Waals surface area contributed by atoms with E-state index >= 15 is 0 Å². The zero-order valence-electron chi connectivity index (χ0n) is 17.1. The van der Waals surface area contributed by atoms with Crippen LogP contribution in [0.2, 0.25) is 0 Å². The number of hydrogen-bond donors (Lipinski definition) is 1. The number of nitrogens with zero attached hydrogens (tertiary/aromatic N) is 1. The van der Waals surface area contributed by atoms with Gasteiger partial charge >= 0.3 is 4.87 Å². The molecule has 0 spiro atoms. The highest BCUT2D eigenvalue weighted by atomic mass is 32.2. The second kappa shape index (κ2) is 8.56. The number of sulfonamides is 1. The molecular formula is C23H22N2O4S2. The summed E-state index contributed by atoms with van der Waals surface area (Å²) in [7, 11) is -3.80. The first-order valence-corrected chi connectivity index (χ1v) is 12.1. The van der Waals surface area contributed by atoms with Crippen LogP contribution < -0.4 is 14.3 Å². The first-order chi connectivity index (χ1) is 14.8. The molecule has 1 aromatic heterocycles. The molecule has 0 bridgehead atoms. The van der Waals surface area contributed by atoms with Gasteiger partial charge in [-0.3, -0.25) is 14.1 Å². The Morgan fingerprint density at radius 1 is 1.00 bits per heavy atom. The molecule has 0 aliphatic rings. The van der Waals surface area contributed by atoms with Gasteiger partial charge in [-0.25, -0.2) is 8.42 Å². The normalized spacial score (nSPS) is 11.7. The molecule has 0 aliphatic carbocycles. The van der Waals surface area contributed by atoms with Gasteiger partial charge in [-0.05, 0) is 61.9 Å². The number of thiazole rings is 1. The molecule has 4 rings (SSSR count). The Bertz CT molecular complexity index is 1360. The Morgan fingerprint density at radius 3 is 2.39 bits per heavy atom. The van der Waals surface area contributed by atoms with Gasteiger partial charge < -0.3 is 4.74 Å². The molecule has 8 heteroatoms. The van der Waals surface area contributed by atoms with Crippen LogP contribution in [0.3, 0.4) is 0 Å². The van der Waals surface area contributed by atoms with E-state index in [0.717, 1.165) is 16.9 Å². The van der Waals surface area contributed by atoms with Gasteiger partial charge in [0.25, 0.3) is 10.0 Å². The van der Waals surface area contributed by atoms with Crippen molar-refractivity contribution in [3.05, 3.63) is 88.0 Å². The van der Waals surface area contributed by atoms with Gasteiger partial charge in [-0.2, -0.15) is 0 Å². The Hall–Kier alpha value is -3.10. The minimum atomic E-state index is -3.80. The Kier molecular flexibility index (Phi) is 5.84. The third kappa shape index (κ3) is 4.81. The quantitative estimate of drug-likeness (QED) is 0.439. The van der Waals surface area contributed by atoms with E-state index in [9.17, 15) is 13.2 Å². The van der Waals surface area contributed by atoms with Gasteiger partial charge in [-0.15, -0.1) is 0 Å². The van der Waals surface area contributed by atoms with Crippen molar-refractivity contribution in [2.24, 2.45) is 0 Å². The van der Waals surface area contributed by atoms with Crippen molar-refractivity contribution in [1.82, 2.24) is 4.57 Å². The molecule has 160 valence electrons. The summed E-state index contributed by atoms with van der Waals surface area (Å²) in [6, 6.07) is 21.2. The maximum Gasteiger partial charge on any atom is 0.308 e. The van der Waals surface area contributed by atoms with Crippen LogP contribution in [0, 0.1) is 0 Å². The zero-order chi connectivity index (χ0) is 22.0. The fraction of sp³-hybridized carbons (Fsp3) is 0.174. The minimum Gasteiger partial charge on any atom is -0.491 e. The topological polar surface area (TPSA) is 77.4 Å². The highest BCUT2D eigenvalue weighted by molar-refractivity contribution is 7.92. The number of fused-ring (bicyclic) bond motifs is 1. The monoisotopic (exact) mass is 454 g/mol. The maximum absolute atomic E-state index is 12.9. The summed E-state index contributed by atoms with van der Waals surface area (Å²) in [5.41, 5.74) is 2.16. The highest BCUT2D eigenvalue weighted by Crippen LogP contribution is 2.25. The van der Waals surface area contributed by atoms with E-state index in [4.69, 9.17) is 4.74 Å². The second-order valence-electron chi connectivity index (χ2n) is 7.37. The van der Waals surface area contributed by atoms with Crippen molar-refractivity contribution in [1.29, 1.82) is 0 Å². The van der Waals surface area contributed by atoms with Gasteiger partial charge in [0.15, 0.2) is 0 Å². The molecular weight excluding hydrogens is 432 g/mol. The van der Waals surface area contributed by atoms with E-state index in [1.54, 1.807) is 41.0 Å². The summed E-state index contributed by atoms with van der Waals surface area (Å²) >= 11 is 1.04. The molecule has 1 heterocycles. The molecule has 0 saturated heterocycles. The molecule has 3 aromatic carbocycles. The molecule has 0 saturated carbocycles. The third-order valence-corrected chi connectivity index (χ3v) is 6.93. The number of rotatable bonds is 7. The molecule has 0 radical (unpaired) electrons. The molecule has 0 atom stereocenters. The Morgan fingerprint density at radius 2 is 1.71 bits per heavy atom. The van der Waals surface area contributed by atoms with Crippen LogP contribution in [-0.4, -0.2) is 19.1 Å². The largest absolute Gasteiger partial charge is 0.491 e. The van der Waals surface area contributed by atoms with Crippen molar-refractivity contribution in [3.63, 3.8) is 0 Å². The van der Waals surface area contributed by atoms with E-state index in [1.165, 1.54) is 6.07 Å². The van der Waals surface area contributed by atoms with E-state index in [1.807, 2.05) is 44.2 Å². The SMILES string of the molecule is CC(C)Oc1ccc(NS(=O)(=O)c2ccc3c(c2)sc(=O)n3Cc2ccccc2)cc1. The summed E-state index contributed by atoms with van der Waals surface area (Å²) in [6.07, 6.45) is 0.0376. The standard InChI is InChI=1S/C23H22N2O4S2/c1-16(2)29-19-10-8-18(9-11-19)24-31(27,28)20-12-13-21-22(14-20)30-23(26)25(21)15-17-6-4-3-5-7-17/h3-14,16,24H,15H2,1-2H3. The summed E-state index contributed by atoms with van der Waals surface area (Å²) in [5, 5.41) is 0. The predicted molar refractivity (Wildman–Crippen MR) is 125 cm³/mol. The minimum absolute atomic E-state index is 0.0376. The van der Waals surface area contributed by atoms with Crippen LogP contribution in [0.15, 0.2) is 82.5 Å². The van der Waals surface area contributed by atoms with Crippen LogP contribution in [0.1, 0.15) is 19.4 Å². The lowest BCUT2D eigenvalue weighted by Gasteiger charge is -2.12. The van der Waals surface area contributed by atoms with Gasteiger partial charge in [-0.1, -0.05) is 41.7 Å². The third-order valence-electron chi connectivity index (χ3n) is 4.61. The van der Waals surface area contributed by atoms with Crippen molar-refractivity contribution >= 4 is 37.3 Å². The van der Waals surface area contributed by atoms with E-state index in [2.05, 4.69) is 4.72 Å². The van der Waals surface area contributed by atoms with E-state index in [0.29, 0.717) is 28.2 Å². The van der Waals surface area contributed by atoms with Crippen LogP contribution in [0.25, 0.3) is 10.2 Å². The lowest BCUT2D eigenvalue weighted by atomic mass is 10.2. The fourth-order valence-electron chi connectivity index (χ4n) is 3.22. The Labute approximate surface area is 184 Å². The number of ether oxygens (including phenoxy) is 1. The van der Waals surface area contributed by atoms with E-state index in [-0.39, 0.29) is 15.9 Å². The van der Waals surface area contributed by atoms with Crippen molar-refractivity contribution in [2.75, 3.05) is 4.72 Å². The van der Waals surface area contributed by atoms with Crippen LogP contribution in [0.4, 0.5) is 5.69 Å². The fourth-order valence-corrected chi connectivity index (χ4v) is 5.31. The van der Waals surface area contributed by atoms with Gasteiger partial charge in [0.2, 0.25) is 0 Å². The lowest BCUT2D eigenvalue weighted by Crippen LogP contribution is -2.14. The molecule has 4 aromatic rings. The van der Waals surface area contributed by atoms with Gasteiger partial charge in [0, 0.05) is 5.69 Å². The summed E-state index contributed by atoms with van der Waals surface area (Å²) < 4.78 is 36.2. The zero-order valence-corrected chi connectivity index (χ0v) is 18.7. The number of benzene rings is 3. The number of nitrogens with one attached hydrogen (secondary N) is 1. The number of anilines is 1. The molecule has 0 amide bonds. The van der Waals surface area contributed by atoms with Crippen molar-refractivity contribution in [2.45, 2.75) is 31.4 Å². The molecule has 0 unspecified atom stereocenters. The smallest absolute Gasteiger partial charge is 0.308 e. The summed E-state index contributed by atoms with van der Waals surface area (Å²) in [6.45, 7) is 4.29. The lowest BCUT2D eigenvalue weighted by molar-refractivity contribution is 0.242. The predicted octanol–water partition coefficient (Wildman–Crippen LogP) is 4.70.